The summed E-state index contributed by atoms with van der Waals surface area (Å²) < 4.78 is 10.5. The Kier molecular flexibility index (Phi) is 5.98. The Balaban J connectivity index is 1.61. The summed E-state index contributed by atoms with van der Waals surface area (Å²) in [7, 11) is 3.14. The van der Waals surface area contributed by atoms with Gasteiger partial charge in [-0.2, -0.15) is 0 Å². The molecule has 0 aliphatic carbocycles. The SMILES string of the molecule is COc1cc(OC)cc(N2CC(C(=O)NCC3CCCNC3)CC2=O)c1. The smallest absolute Gasteiger partial charge is 0.227 e. The molecule has 7 heteroatoms. The number of rotatable bonds is 6. The van der Waals surface area contributed by atoms with Gasteiger partial charge in [-0.15, -0.1) is 0 Å². The van der Waals surface area contributed by atoms with Crippen LogP contribution in [0, 0.1) is 11.8 Å². The molecule has 2 amide bonds. The fraction of sp³-hybridized carbons (Fsp3) is 0.579. The van der Waals surface area contributed by atoms with E-state index in [1.807, 2.05) is 0 Å². The van der Waals surface area contributed by atoms with Crippen LogP contribution in [-0.4, -0.2) is 52.2 Å². The van der Waals surface area contributed by atoms with Gasteiger partial charge in [-0.25, -0.2) is 0 Å². The summed E-state index contributed by atoms with van der Waals surface area (Å²) in [6, 6.07) is 5.33. The van der Waals surface area contributed by atoms with E-state index in [1.54, 1.807) is 37.3 Å². The number of nitrogens with zero attached hydrogens (tertiary/aromatic N) is 1. The van der Waals surface area contributed by atoms with Crippen LogP contribution in [0.3, 0.4) is 0 Å². The molecular formula is C19H27N3O4. The van der Waals surface area contributed by atoms with Crippen molar-refractivity contribution in [1.29, 1.82) is 0 Å². The number of anilines is 1. The summed E-state index contributed by atoms with van der Waals surface area (Å²) in [6.07, 6.45) is 2.51. The van der Waals surface area contributed by atoms with Crippen molar-refractivity contribution in [3.63, 3.8) is 0 Å². The third-order valence-corrected chi connectivity index (χ3v) is 5.11. The molecule has 2 unspecified atom stereocenters. The molecule has 2 atom stereocenters. The van der Waals surface area contributed by atoms with E-state index >= 15 is 0 Å². The number of hydrogen-bond donors (Lipinski definition) is 2. The molecule has 2 fully saturated rings. The fourth-order valence-corrected chi connectivity index (χ4v) is 3.57. The van der Waals surface area contributed by atoms with E-state index in [9.17, 15) is 9.59 Å². The van der Waals surface area contributed by atoms with E-state index in [4.69, 9.17) is 9.47 Å². The first-order chi connectivity index (χ1) is 12.6. The molecule has 2 saturated heterocycles. The standard InChI is InChI=1S/C19H27N3O4/c1-25-16-7-15(8-17(9-16)26-2)22-12-14(6-18(22)23)19(24)21-11-13-4-3-5-20-10-13/h7-9,13-14,20H,3-6,10-12H2,1-2H3,(H,21,24). The van der Waals surface area contributed by atoms with Crippen LogP contribution in [0.1, 0.15) is 19.3 Å². The zero-order chi connectivity index (χ0) is 18.5. The van der Waals surface area contributed by atoms with Gasteiger partial charge in [0.2, 0.25) is 11.8 Å². The van der Waals surface area contributed by atoms with Crippen molar-refractivity contribution >= 4 is 17.5 Å². The molecule has 1 aromatic carbocycles. The lowest BCUT2D eigenvalue weighted by atomic mass is 9.99. The fourth-order valence-electron chi connectivity index (χ4n) is 3.57. The molecule has 142 valence electrons. The molecule has 0 bridgehead atoms. The molecular weight excluding hydrogens is 334 g/mol. The van der Waals surface area contributed by atoms with Gasteiger partial charge in [-0.05, 0) is 31.8 Å². The molecule has 0 spiro atoms. The van der Waals surface area contributed by atoms with Crippen molar-refractivity contribution in [1.82, 2.24) is 10.6 Å². The maximum Gasteiger partial charge on any atom is 0.227 e. The Morgan fingerprint density at radius 2 is 2.00 bits per heavy atom. The number of piperidine rings is 1. The molecule has 2 N–H and O–H groups in total. The van der Waals surface area contributed by atoms with E-state index in [-0.39, 0.29) is 24.2 Å². The topological polar surface area (TPSA) is 79.9 Å². The quantitative estimate of drug-likeness (QED) is 0.795. The van der Waals surface area contributed by atoms with Crippen LogP contribution in [-0.2, 0) is 9.59 Å². The van der Waals surface area contributed by atoms with Crippen LogP contribution in [0.5, 0.6) is 11.5 Å². The minimum atomic E-state index is -0.323. The summed E-state index contributed by atoms with van der Waals surface area (Å²) in [4.78, 5) is 26.6. The van der Waals surface area contributed by atoms with Crippen LogP contribution in [0.25, 0.3) is 0 Å². The molecule has 0 aromatic heterocycles. The van der Waals surface area contributed by atoms with Crippen molar-refractivity contribution in [2.45, 2.75) is 19.3 Å². The van der Waals surface area contributed by atoms with Gasteiger partial charge in [-0.3, -0.25) is 9.59 Å². The monoisotopic (exact) mass is 361 g/mol. The lowest BCUT2D eigenvalue weighted by Crippen LogP contribution is -2.40. The first kappa shape index (κ1) is 18.5. The maximum absolute atomic E-state index is 12.5. The number of hydrogen-bond acceptors (Lipinski definition) is 5. The van der Waals surface area contributed by atoms with Gasteiger partial charge in [0.1, 0.15) is 11.5 Å². The van der Waals surface area contributed by atoms with Gasteiger partial charge in [0.15, 0.2) is 0 Å². The van der Waals surface area contributed by atoms with Gasteiger partial charge in [0, 0.05) is 37.7 Å². The Hall–Kier alpha value is -2.28. The zero-order valence-electron chi connectivity index (χ0n) is 15.4. The van der Waals surface area contributed by atoms with Crippen LogP contribution in [0.4, 0.5) is 5.69 Å². The number of ether oxygens (including phenoxy) is 2. The van der Waals surface area contributed by atoms with E-state index in [2.05, 4.69) is 10.6 Å². The van der Waals surface area contributed by atoms with Crippen molar-refractivity contribution in [3.8, 4) is 11.5 Å². The second-order valence-corrected chi connectivity index (χ2v) is 6.93. The molecule has 2 heterocycles. The van der Waals surface area contributed by atoms with Gasteiger partial charge in [-0.1, -0.05) is 0 Å². The number of carbonyl (C=O) groups is 2. The summed E-state index contributed by atoms with van der Waals surface area (Å²) in [5.41, 5.74) is 0.693. The molecule has 7 nitrogen and oxygen atoms in total. The maximum atomic E-state index is 12.5. The Bertz CT molecular complexity index is 636. The summed E-state index contributed by atoms with van der Waals surface area (Å²) >= 11 is 0. The van der Waals surface area contributed by atoms with Gasteiger partial charge in [0.25, 0.3) is 0 Å². The number of amides is 2. The molecule has 2 aliphatic heterocycles. The van der Waals surface area contributed by atoms with Crippen LogP contribution < -0.4 is 25.0 Å². The number of nitrogens with one attached hydrogen (secondary N) is 2. The Morgan fingerprint density at radius 3 is 2.62 bits per heavy atom. The summed E-state index contributed by atoms with van der Waals surface area (Å²) in [5.74, 6) is 1.29. The van der Waals surface area contributed by atoms with Crippen molar-refractivity contribution in [2.24, 2.45) is 11.8 Å². The highest BCUT2D eigenvalue weighted by Crippen LogP contribution is 2.32. The summed E-state index contributed by atoms with van der Waals surface area (Å²) in [6.45, 7) is 3.05. The minimum absolute atomic E-state index is 0.0405. The van der Waals surface area contributed by atoms with Gasteiger partial charge in [0.05, 0.1) is 25.8 Å². The molecule has 26 heavy (non-hydrogen) atoms. The largest absolute Gasteiger partial charge is 0.497 e. The van der Waals surface area contributed by atoms with Crippen molar-refractivity contribution in [3.05, 3.63) is 18.2 Å². The third-order valence-electron chi connectivity index (χ3n) is 5.11. The lowest BCUT2D eigenvalue weighted by molar-refractivity contribution is -0.126. The number of carbonyl (C=O) groups excluding carboxylic acids is 2. The van der Waals surface area contributed by atoms with E-state index in [0.717, 1.165) is 25.9 Å². The minimum Gasteiger partial charge on any atom is -0.497 e. The highest BCUT2D eigenvalue weighted by molar-refractivity contribution is 6.00. The predicted octanol–water partition coefficient (Wildman–Crippen LogP) is 1.17. The van der Waals surface area contributed by atoms with Gasteiger partial charge >= 0.3 is 0 Å². The number of methoxy groups -OCH3 is 2. The Morgan fingerprint density at radius 1 is 1.27 bits per heavy atom. The third kappa shape index (κ3) is 4.27. The average Bonchev–Trinajstić information content (AvgIpc) is 3.08. The van der Waals surface area contributed by atoms with E-state index < -0.39 is 0 Å². The van der Waals surface area contributed by atoms with E-state index in [0.29, 0.717) is 36.2 Å². The Labute approximate surface area is 154 Å². The highest BCUT2D eigenvalue weighted by atomic mass is 16.5. The first-order valence-electron chi connectivity index (χ1n) is 9.12. The molecule has 1 aromatic rings. The molecule has 2 aliphatic rings. The molecule has 0 radical (unpaired) electrons. The first-order valence-corrected chi connectivity index (χ1v) is 9.12. The molecule has 0 saturated carbocycles. The highest BCUT2D eigenvalue weighted by Gasteiger charge is 2.35. The lowest BCUT2D eigenvalue weighted by Gasteiger charge is -2.23. The predicted molar refractivity (Wildman–Crippen MR) is 98.6 cm³/mol. The molecule has 3 rings (SSSR count). The second-order valence-electron chi connectivity index (χ2n) is 6.93. The van der Waals surface area contributed by atoms with Crippen LogP contribution >= 0.6 is 0 Å². The average molecular weight is 361 g/mol. The van der Waals surface area contributed by atoms with Crippen molar-refractivity contribution in [2.75, 3.05) is 45.3 Å². The van der Waals surface area contributed by atoms with Crippen LogP contribution in [0.15, 0.2) is 18.2 Å². The number of benzene rings is 1. The van der Waals surface area contributed by atoms with Crippen molar-refractivity contribution < 1.29 is 19.1 Å². The van der Waals surface area contributed by atoms with E-state index in [1.165, 1.54) is 0 Å². The second kappa shape index (κ2) is 8.40. The zero-order valence-corrected chi connectivity index (χ0v) is 15.4. The normalized spacial score (nSPS) is 23.0. The van der Waals surface area contributed by atoms with Crippen LogP contribution in [0.2, 0.25) is 0 Å². The summed E-state index contributed by atoms with van der Waals surface area (Å²) in [5, 5.41) is 6.37. The van der Waals surface area contributed by atoms with Gasteiger partial charge < -0.3 is 25.0 Å².